The number of rotatable bonds is 5. The van der Waals surface area contributed by atoms with Crippen LogP contribution in [0, 0.1) is 6.92 Å². The van der Waals surface area contributed by atoms with E-state index in [0.717, 1.165) is 11.1 Å². The summed E-state index contributed by atoms with van der Waals surface area (Å²) in [5.74, 6) is 0. The summed E-state index contributed by atoms with van der Waals surface area (Å²) >= 11 is 38.5. The number of hydrogen-bond acceptors (Lipinski definition) is 0. The van der Waals surface area contributed by atoms with Gasteiger partial charge in [-0.05, 0) is 18.1 Å². The van der Waals surface area contributed by atoms with Crippen molar-refractivity contribution in [2.75, 3.05) is 0 Å². The summed E-state index contributed by atoms with van der Waals surface area (Å²) in [6, 6.07) is 18.7. The zero-order valence-corrected chi connectivity index (χ0v) is 29.8. The van der Waals surface area contributed by atoms with Crippen LogP contribution in [0.2, 0.25) is 0 Å². The summed E-state index contributed by atoms with van der Waals surface area (Å²) in [5, 5.41) is 0. The molecule has 2 rings (SSSR count). The molecule has 0 aromatic heterocycles. The van der Waals surface area contributed by atoms with E-state index < -0.39 is 16.2 Å². The number of benzene rings is 2. The Bertz CT molecular complexity index is 826. The molecule has 10 heteroatoms. The fourth-order valence-corrected chi connectivity index (χ4v) is 10.8. The van der Waals surface area contributed by atoms with E-state index in [0.29, 0.717) is 0 Å². The molecule has 1 atom stereocenters. The second-order valence-corrected chi connectivity index (χ2v) is 24.4. The van der Waals surface area contributed by atoms with Crippen LogP contribution >= 0.6 is 159 Å². The van der Waals surface area contributed by atoms with E-state index in [1.165, 1.54) is 5.56 Å². The normalized spacial score (nSPS) is 16.0. The number of alkyl halides is 10. The smallest absolute Gasteiger partial charge is 0.0723 e. The predicted octanol–water partition coefficient (Wildman–Crippen LogP) is 10.9. The van der Waals surface area contributed by atoms with Crippen LogP contribution in [0.25, 0.3) is 0 Å². The molecule has 0 spiro atoms. The van der Waals surface area contributed by atoms with Crippen molar-refractivity contribution in [3.05, 3.63) is 71.3 Å². The van der Waals surface area contributed by atoms with Crippen LogP contribution in [0.4, 0.5) is 0 Å². The van der Waals surface area contributed by atoms with Crippen LogP contribution in [0.3, 0.4) is 0 Å². The Morgan fingerprint density at radius 3 is 1.50 bits per heavy atom. The lowest BCUT2D eigenvalue weighted by Gasteiger charge is -2.53. The van der Waals surface area contributed by atoms with Crippen molar-refractivity contribution in [3.8, 4) is 0 Å². The van der Waals surface area contributed by atoms with Gasteiger partial charge in [0.25, 0.3) is 0 Å². The van der Waals surface area contributed by atoms with Crippen LogP contribution in [0.1, 0.15) is 16.7 Å². The molecule has 0 aliphatic heterocycles. The molecule has 2 aromatic carbocycles. The maximum absolute atomic E-state index is 4.11. The molecule has 0 aliphatic rings. The fourth-order valence-electron chi connectivity index (χ4n) is 2.65. The maximum Gasteiger partial charge on any atom is 0.162 e. The second-order valence-electron chi connectivity index (χ2n) is 6.11. The summed E-state index contributed by atoms with van der Waals surface area (Å²) in [6.07, 6.45) is 0. The molecular weight excluding hydrogens is 1020 g/mol. The predicted molar refractivity (Wildman–Crippen MR) is 159 cm³/mol. The molecule has 0 saturated heterocycles. The van der Waals surface area contributed by atoms with Gasteiger partial charge in [-0.3, -0.25) is 0 Å². The molecule has 0 bridgehead atoms. The molecule has 2 aromatic rings. The number of halogens is 10. The summed E-state index contributed by atoms with van der Waals surface area (Å²) < 4.78 is -3.84. The average molecular weight is 1030 g/mol. The topological polar surface area (TPSA) is 0 Å². The van der Waals surface area contributed by atoms with Crippen LogP contribution in [0.5, 0.6) is 0 Å². The zero-order valence-electron chi connectivity index (χ0n) is 14.0. The minimum absolute atomic E-state index is 0.689. The maximum atomic E-state index is 4.11. The molecule has 0 heterocycles. The third kappa shape index (κ3) is 4.86. The molecule has 0 saturated carbocycles. The van der Waals surface area contributed by atoms with E-state index >= 15 is 0 Å². The van der Waals surface area contributed by atoms with Gasteiger partial charge in [0.15, 0.2) is 2.14 Å². The number of hydrogen-bond donors (Lipinski definition) is 0. The zero-order chi connectivity index (χ0) is 21.6. The van der Waals surface area contributed by atoms with Gasteiger partial charge in [-0.2, -0.15) is 0 Å². The third-order valence-corrected chi connectivity index (χ3v) is 23.1. The molecule has 0 nitrogen and oxygen atoms in total. The molecule has 0 N–H and O–H groups in total. The standard InChI is InChI=1S/C18H12Br10/c1-11-6-5-9-13(10-11)14(19,12-7-3-2-4-8-12)15(20,21)16(22,23)17(24,25)18(26,27)28/h2-10H,1H3. The van der Waals surface area contributed by atoms with Crippen molar-refractivity contribution < 1.29 is 0 Å². The van der Waals surface area contributed by atoms with E-state index in [-0.39, 0.29) is 0 Å². The fraction of sp³-hybridized carbons (Fsp3) is 0.333. The van der Waals surface area contributed by atoms with E-state index in [9.17, 15) is 0 Å². The third-order valence-electron chi connectivity index (χ3n) is 4.16. The van der Waals surface area contributed by atoms with E-state index in [1.54, 1.807) is 0 Å². The van der Waals surface area contributed by atoms with Gasteiger partial charge in [0.05, 0.1) is 0 Å². The first-order chi connectivity index (χ1) is 12.6. The molecular formula is C18H12Br10. The average Bonchev–Trinajstić information content (AvgIpc) is 2.60. The minimum Gasteiger partial charge on any atom is -0.0723 e. The lowest BCUT2D eigenvalue weighted by atomic mass is 9.85. The second kappa shape index (κ2) is 9.85. The van der Waals surface area contributed by atoms with Crippen molar-refractivity contribution in [1.82, 2.24) is 0 Å². The SMILES string of the molecule is Cc1cccc(C(Br)(c2ccccc2)C(Br)(Br)C(Br)(Br)C(Br)(Br)C(Br)(Br)Br)c1. The van der Waals surface area contributed by atoms with Crippen molar-refractivity contribution in [1.29, 1.82) is 0 Å². The monoisotopic (exact) mass is 1020 g/mol. The van der Waals surface area contributed by atoms with Gasteiger partial charge in [-0.1, -0.05) is 219 Å². The highest BCUT2D eigenvalue weighted by atomic mass is 80.0. The van der Waals surface area contributed by atoms with Gasteiger partial charge in [-0.15, -0.1) is 0 Å². The highest BCUT2D eigenvalue weighted by molar-refractivity contribution is 9.42. The lowest BCUT2D eigenvalue weighted by Crippen LogP contribution is -2.60. The van der Waals surface area contributed by atoms with Crippen LogP contribution in [0.15, 0.2) is 54.6 Å². The van der Waals surface area contributed by atoms with Crippen molar-refractivity contribution >= 4 is 159 Å². The van der Waals surface area contributed by atoms with E-state index in [2.05, 4.69) is 203 Å². The highest BCUT2D eigenvalue weighted by Crippen LogP contribution is 2.73. The highest BCUT2D eigenvalue weighted by Gasteiger charge is 2.70. The van der Waals surface area contributed by atoms with Crippen molar-refractivity contribution in [3.63, 3.8) is 0 Å². The first-order valence-electron chi connectivity index (χ1n) is 7.62. The Morgan fingerprint density at radius 1 is 0.536 bits per heavy atom. The van der Waals surface area contributed by atoms with Gasteiger partial charge in [0, 0.05) is 0 Å². The molecule has 0 radical (unpaired) electrons. The van der Waals surface area contributed by atoms with Crippen molar-refractivity contribution in [2.24, 2.45) is 0 Å². The molecule has 0 fully saturated rings. The molecule has 28 heavy (non-hydrogen) atoms. The summed E-state index contributed by atoms with van der Waals surface area (Å²) in [6.45, 7) is 2.08. The van der Waals surface area contributed by atoms with Gasteiger partial charge in [0.2, 0.25) is 0 Å². The lowest BCUT2D eigenvalue weighted by molar-refractivity contribution is 0.607. The largest absolute Gasteiger partial charge is 0.162 e. The summed E-state index contributed by atoms with van der Waals surface area (Å²) in [5.41, 5.74) is 3.32. The Hall–Kier alpha value is 3.24. The number of aryl methyl sites for hydroxylation is 1. The molecule has 0 amide bonds. The van der Waals surface area contributed by atoms with E-state index in [1.807, 2.05) is 18.2 Å². The Balaban J connectivity index is 2.83. The van der Waals surface area contributed by atoms with Crippen LogP contribution in [-0.2, 0) is 4.32 Å². The first kappa shape index (κ1) is 27.5. The van der Waals surface area contributed by atoms with E-state index in [4.69, 9.17) is 0 Å². The first-order valence-corrected chi connectivity index (χ1v) is 15.6. The molecule has 1 unspecified atom stereocenters. The minimum atomic E-state index is -0.834. The van der Waals surface area contributed by atoms with Crippen LogP contribution < -0.4 is 0 Å². The quantitative estimate of drug-likeness (QED) is 0.262. The van der Waals surface area contributed by atoms with Gasteiger partial charge < -0.3 is 0 Å². The van der Waals surface area contributed by atoms with Gasteiger partial charge in [-0.25, -0.2) is 0 Å². The van der Waals surface area contributed by atoms with Gasteiger partial charge in [0.1, 0.15) is 14.0 Å². The van der Waals surface area contributed by atoms with Gasteiger partial charge >= 0.3 is 0 Å². The molecule has 0 aliphatic carbocycles. The Morgan fingerprint density at radius 2 is 1.04 bits per heavy atom. The summed E-state index contributed by atoms with van der Waals surface area (Å²) in [4.78, 5) is 0. The van der Waals surface area contributed by atoms with Crippen LogP contribution in [-0.4, -0.2) is 11.8 Å². The Kier molecular flexibility index (Phi) is 9.67. The van der Waals surface area contributed by atoms with Crippen molar-refractivity contribution in [2.45, 2.75) is 23.1 Å². The molecule has 154 valence electrons. The Labute approximate surface area is 249 Å². The summed E-state index contributed by atoms with van der Waals surface area (Å²) in [7, 11) is 0.